The predicted octanol–water partition coefficient (Wildman–Crippen LogP) is 2.58. The zero-order chi connectivity index (χ0) is 16.4. The molecular formula is C20H24O3. The standard InChI is InChI=1S/C20H24O3/c1-3-20(23)9-7-16-18-15(6-8-19(16,20)2)14-5-4-13(21)10-12(14)11-17(18)22/h1,4-5,10,15-18,21-23H,6-9,11H2,2H3/t15-,16+,17+,18-,19+,20+/m1/s1. The number of phenols is 1. The van der Waals surface area contributed by atoms with E-state index in [1.165, 1.54) is 5.56 Å². The number of rotatable bonds is 0. The molecule has 6 atom stereocenters. The summed E-state index contributed by atoms with van der Waals surface area (Å²) in [5.74, 6) is 3.61. The van der Waals surface area contributed by atoms with Crippen molar-refractivity contribution in [1.82, 2.24) is 0 Å². The third-order valence-corrected chi connectivity index (χ3v) is 7.12. The van der Waals surface area contributed by atoms with Gasteiger partial charge in [0, 0.05) is 5.41 Å². The zero-order valence-corrected chi connectivity index (χ0v) is 13.5. The summed E-state index contributed by atoms with van der Waals surface area (Å²) in [6.07, 6.45) is 9.12. The normalized spacial score (nSPS) is 44.8. The summed E-state index contributed by atoms with van der Waals surface area (Å²) in [5.41, 5.74) is 0.972. The average Bonchev–Trinajstić information content (AvgIpc) is 2.79. The molecule has 23 heavy (non-hydrogen) atoms. The van der Waals surface area contributed by atoms with E-state index in [0.29, 0.717) is 18.8 Å². The number of benzene rings is 1. The molecule has 2 saturated carbocycles. The van der Waals surface area contributed by atoms with Gasteiger partial charge in [-0.15, -0.1) is 6.42 Å². The summed E-state index contributed by atoms with van der Waals surface area (Å²) in [6.45, 7) is 2.11. The second kappa shape index (κ2) is 4.75. The molecule has 0 heterocycles. The minimum Gasteiger partial charge on any atom is -0.508 e. The molecule has 0 radical (unpaired) electrons. The van der Waals surface area contributed by atoms with E-state index in [-0.39, 0.29) is 23.0 Å². The molecule has 0 aliphatic heterocycles. The molecule has 0 saturated heterocycles. The van der Waals surface area contributed by atoms with Gasteiger partial charge >= 0.3 is 0 Å². The maximum atomic E-state index is 10.9. The molecule has 3 nitrogen and oxygen atoms in total. The summed E-state index contributed by atoms with van der Waals surface area (Å²) in [5, 5.41) is 31.5. The molecule has 122 valence electrons. The van der Waals surface area contributed by atoms with Gasteiger partial charge < -0.3 is 15.3 Å². The van der Waals surface area contributed by atoms with Gasteiger partial charge in [0.25, 0.3) is 0 Å². The number of hydrogen-bond acceptors (Lipinski definition) is 3. The van der Waals surface area contributed by atoms with Gasteiger partial charge in [-0.1, -0.05) is 18.9 Å². The van der Waals surface area contributed by atoms with E-state index in [1.807, 2.05) is 6.07 Å². The number of phenolic OH excluding ortho intramolecular Hbond substituents is 1. The van der Waals surface area contributed by atoms with Crippen LogP contribution in [0.4, 0.5) is 0 Å². The van der Waals surface area contributed by atoms with Gasteiger partial charge in [0.05, 0.1) is 6.10 Å². The Kier molecular flexibility index (Phi) is 3.11. The minimum absolute atomic E-state index is 0.146. The quantitative estimate of drug-likeness (QED) is 0.645. The number of aromatic hydroxyl groups is 1. The van der Waals surface area contributed by atoms with Crippen molar-refractivity contribution in [3.05, 3.63) is 29.3 Å². The molecule has 0 aromatic heterocycles. The SMILES string of the molecule is C#C[C@]1(O)CC[C@H]2[C@H]3[C@H](CC[C@@]21C)c1ccc(O)cc1C[C@@H]3O. The van der Waals surface area contributed by atoms with E-state index < -0.39 is 11.7 Å². The van der Waals surface area contributed by atoms with E-state index in [4.69, 9.17) is 6.42 Å². The molecular weight excluding hydrogens is 288 g/mol. The Balaban J connectivity index is 1.77. The maximum Gasteiger partial charge on any atom is 0.130 e. The van der Waals surface area contributed by atoms with Crippen molar-refractivity contribution in [2.45, 2.75) is 56.7 Å². The van der Waals surface area contributed by atoms with Gasteiger partial charge in [-0.05, 0) is 73.1 Å². The molecule has 1 aromatic rings. The smallest absolute Gasteiger partial charge is 0.130 e. The van der Waals surface area contributed by atoms with Crippen LogP contribution in [0.15, 0.2) is 18.2 Å². The first-order chi connectivity index (χ1) is 10.9. The second-order valence-electron chi connectivity index (χ2n) is 7.94. The lowest BCUT2D eigenvalue weighted by molar-refractivity contribution is -0.0901. The van der Waals surface area contributed by atoms with Crippen LogP contribution in [0.1, 0.15) is 49.7 Å². The third-order valence-electron chi connectivity index (χ3n) is 7.12. The van der Waals surface area contributed by atoms with Crippen molar-refractivity contribution in [3.63, 3.8) is 0 Å². The van der Waals surface area contributed by atoms with E-state index in [2.05, 4.69) is 12.8 Å². The highest BCUT2D eigenvalue weighted by molar-refractivity contribution is 5.41. The van der Waals surface area contributed by atoms with Crippen LogP contribution in [-0.2, 0) is 6.42 Å². The van der Waals surface area contributed by atoms with E-state index in [0.717, 1.165) is 24.8 Å². The number of hydrogen-bond donors (Lipinski definition) is 3. The third kappa shape index (κ3) is 1.86. The average molecular weight is 312 g/mol. The highest BCUT2D eigenvalue weighted by Crippen LogP contribution is 2.64. The van der Waals surface area contributed by atoms with Crippen LogP contribution in [0.5, 0.6) is 5.75 Å². The van der Waals surface area contributed by atoms with E-state index >= 15 is 0 Å². The maximum absolute atomic E-state index is 10.9. The largest absolute Gasteiger partial charge is 0.508 e. The molecule has 3 N–H and O–H groups in total. The summed E-state index contributed by atoms with van der Waals surface area (Å²) in [4.78, 5) is 0. The van der Waals surface area contributed by atoms with Crippen molar-refractivity contribution < 1.29 is 15.3 Å². The first-order valence-corrected chi connectivity index (χ1v) is 8.59. The van der Waals surface area contributed by atoms with Crippen LogP contribution in [-0.4, -0.2) is 27.0 Å². The van der Waals surface area contributed by atoms with Gasteiger partial charge in [0.1, 0.15) is 11.4 Å². The number of terminal acetylenes is 1. The zero-order valence-electron chi connectivity index (χ0n) is 13.5. The van der Waals surface area contributed by atoms with E-state index in [1.54, 1.807) is 12.1 Å². The van der Waals surface area contributed by atoms with Crippen molar-refractivity contribution in [2.24, 2.45) is 17.3 Å². The fraction of sp³-hybridized carbons (Fsp3) is 0.600. The molecule has 0 spiro atoms. The molecule has 2 fully saturated rings. The summed E-state index contributed by atoms with van der Waals surface area (Å²) >= 11 is 0. The summed E-state index contributed by atoms with van der Waals surface area (Å²) in [7, 11) is 0. The lowest BCUT2D eigenvalue weighted by Crippen LogP contribution is -2.53. The topological polar surface area (TPSA) is 60.7 Å². The summed E-state index contributed by atoms with van der Waals surface area (Å²) < 4.78 is 0. The highest BCUT2D eigenvalue weighted by Gasteiger charge is 2.62. The Hall–Kier alpha value is -1.50. The van der Waals surface area contributed by atoms with Crippen LogP contribution in [0.25, 0.3) is 0 Å². The molecule has 3 aliphatic rings. The number of fused-ring (bicyclic) bond motifs is 5. The molecule has 3 aliphatic carbocycles. The fourth-order valence-electron chi connectivity index (χ4n) is 5.84. The lowest BCUT2D eigenvalue weighted by Gasteiger charge is -2.53. The number of aliphatic hydroxyl groups excluding tert-OH is 1. The lowest BCUT2D eigenvalue weighted by atomic mass is 9.52. The van der Waals surface area contributed by atoms with Crippen molar-refractivity contribution >= 4 is 0 Å². The Morgan fingerprint density at radius 2 is 2.04 bits per heavy atom. The molecule has 0 bridgehead atoms. The van der Waals surface area contributed by atoms with Crippen LogP contribution in [0, 0.1) is 29.6 Å². The molecule has 0 unspecified atom stereocenters. The van der Waals surface area contributed by atoms with Gasteiger partial charge in [-0.25, -0.2) is 0 Å². The van der Waals surface area contributed by atoms with Crippen LogP contribution < -0.4 is 0 Å². The van der Waals surface area contributed by atoms with Crippen molar-refractivity contribution in [2.75, 3.05) is 0 Å². The Morgan fingerprint density at radius 3 is 2.78 bits per heavy atom. The summed E-state index contributed by atoms with van der Waals surface area (Å²) in [6, 6.07) is 5.54. The van der Waals surface area contributed by atoms with Gasteiger partial charge in [-0.3, -0.25) is 0 Å². The minimum atomic E-state index is -1.04. The molecule has 3 heteroatoms. The Labute approximate surface area is 137 Å². The Morgan fingerprint density at radius 1 is 1.26 bits per heavy atom. The van der Waals surface area contributed by atoms with Crippen LogP contribution in [0.2, 0.25) is 0 Å². The first-order valence-electron chi connectivity index (χ1n) is 8.59. The molecule has 1 aromatic carbocycles. The van der Waals surface area contributed by atoms with Crippen molar-refractivity contribution in [1.29, 1.82) is 0 Å². The van der Waals surface area contributed by atoms with E-state index in [9.17, 15) is 15.3 Å². The fourth-order valence-corrected chi connectivity index (χ4v) is 5.84. The highest BCUT2D eigenvalue weighted by atomic mass is 16.3. The number of aliphatic hydroxyl groups is 2. The van der Waals surface area contributed by atoms with Gasteiger partial charge in [0.15, 0.2) is 0 Å². The molecule has 0 amide bonds. The first kappa shape index (κ1) is 15.1. The van der Waals surface area contributed by atoms with Crippen LogP contribution in [0.3, 0.4) is 0 Å². The van der Waals surface area contributed by atoms with Gasteiger partial charge in [-0.2, -0.15) is 0 Å². The Bertz CT molecular complexity index is 691. The van der Waals surface area contributed by atoms with Gasteiger partial charge in [0.2, 0.25) is 0 Å². The molecule has 4 rings (SSSR count). The van der Waals surface area contributed by atoms with Crippen molar-refractivity contribution in [3.8, 4) is 18.1 Å². The second-order valence-corrected chi connectivity index (χ2v) is 7.94. The monoisotopic (exact) mass is 312 g/mol. The predicted molar refractivity (Wildman–Crippen MR) is 87.9 cm³/mol. The van der Waals surface area contributed by atoms with Crippen LogP contribution >= 0.6 is 0 Å².